The molecule has 116 valence electrons. The van der Waals surface area contributed by atoms with Gasteiger partial charge in [0.1, 0.15) is 5.75 Å². The van der Waals surface area contributed by atoms with E-state index in [-0.39, 0.29) is 12.2 Å². The number of anilines is 2. The second-order valence-corrected chi connectivity index (χ2v) is 6.91. The van der Waals surface area contributed by atoms with E-state index in [4.69, 9.17) is 0 Å². The van der Waals surface area contributed by atoms with E-state index in [0.717, 1.165) is 23.3 Å². The highest BCUT2D eigenvalue weighted by atomic mass is 32.2. The predicted molar refractivity (Wildman–Crippen MR) is 72.0 cm³/mol. The topological polar surface area (TPSA) is 66.5 Å². The molecule has 21 heavy (non-hydrogen) atoms. The maximum atomic E-state index is 12.7. The Morgan fingerprint density at radius 1 is 1.38 bits per heavy atom. The molecule has 0 fully saturated rings. The van der Waals surface area contributed by atoms with Gasteiger partial charge in [-0.05, 0) is 18.2 Å². The third-order valence-electron chi connectivity index (χ3n) is 2.95. The lowest BCUT2D eigenvalue weighted by Gasteiger charge is -2.30. The van der Waals surface area contributed by atoms with Crippen molar-refractivity contribution in [1.82, 2.24) is 0 Å². The van der Waals surface area contributed by atoms with Crippen LogP contribution in [0, 0.1) is 0 Å². The molecule has 1 aromatic rings. The number of fused-ring (bicyclic) bond motifs is 1. The molecule has 0 bridgehead atoms. The molecule has 0 radical (unpaired) electrons. The second-order valence-electron chi connectivity index (χ2n) is 4.77. The van der Waals surface area contributed by atoms with Crippen molar-refractivity contribution in [2.24, 2.45) is 0 Å². The highest BCUT2D eigenvalue weighted by molar-refractivity contribution is 7.91. The number of rotatable bonds is 2. The fourth-order valence-corrected chi connectivity index (χ4v) is 2.67. The number of halogens is 3. The SMILES string of the molecule is CS(=O)(=O)CC(=O)N1CCNc2ccc(C(F)(F)F)cc21. The molecule has 1 aliphatic rings. The number of carbonyl (C=O) groups is 1. The Labute approximate surface area is 119 Å². The molecule has 0 atom stereocenters. The first-order valence-corrected chi connectivity index (χ1v) is 8.07. The van der Waals surface area contributed by atoms with Crippen LogP contribution in [0.2, 0.25) is 0 Å². The van der Waals surface area contributed by atoms with Gasteiger partial charge in [0.25, 0.3) is 0 Å². The summed E-state index contributed by atoms with van der Waals surface area (Å²) in [6.07, 6.45) is -3.63. The molecule has 2 rings (SSSR count). The molecule has 1 aliphatic heterocycles. The van der Waals surface area contributed by atoms with Gasteiger partial charge in [-0.2, -0.15) is 13.2 Å². The molecule has 1 heterocycles. The Morgan fingerprint density at radius 2 is 2.05 bits per heavy atom. The Morgan fingerprint density at radius 3 is 2.62 bits per heavy atom. The number of benzene rings is 1. The molecule has 0 saturated carbocycles. The molecule has 0 unspecified atom stereocenters. The van der Waals surface area contributed by atoms with E-state index >= 15 is 0 Å². The minimum absolute atomic E-state index is 0.0460. The lowest BCUT2D eigenvalue weighted by molar-refractivity contribution is -0.137. The van der Waals surface area contributed by atoms with E-state index in [1.807, 2.05) is 0 Å². The smallest absolute Gasteiger partial charge is 0.382 e. The number of nitrogens with one attached hydrogen (secondary N) is 1. The summed E-state index contributed by atoms with van der Waals surface area (Å²) in [7, 11) is -3.55. The van der Waals surface area contributed by atoms with Crippen molar-refractivity contribution < 1.29 is 26.4 Å². The summed E-state index contributed by atoms with van der Waals surface area (Å²) in [6, 6.07) is 3.00. The number of alkyl halides is 3. The lowest BCUT2D eigenvalue weighted by atomic mass is 10.1. The van der Waals surface area contributed by atoms with Crippen molar-refractivity contribution in [3.8, 4) is 0 Å². The average molecular weight is 322 g/mol. The summed E-state index contributed by atoms with van der Waals surface area (Å²) in [5.41, 5.74) is -0.470. The van der Waals surface area contributed by atoms with Gasteiger partial charge in [-0.3, -0.25) is 4.79 Å². The molecule has 0 aliphatic carbocycles. The van der Waals surface area contributed by atoms with Gasteiger partial charge in [-0.15, -0.1) is 0 Å². The van der Waals surface area contributed by atoms with Crippen LogP contribution in [0.3, 0.4) is 0 Å². The monoisotopic (exact) mass is 322 g/mol. The summed E-state index contributed by atoms with van der Waals surface area (Å²) >= 11 is 0. The van der Waals surface area contributed by atoms with Crippen LogP contribution in [0.4, 0.5) is 24.5 Å². The quantitative estimate of drug-likeness (QED) is 0.896. The number of amides is 1. The lowest BCUT2D eigenvalue weighted by Crippen LogP contribution is -2.41. The maximum absolute atomic E-state index is 12.7. The summed E-state index contributed by atoms with van der Waals surface area (Å²) in [4.78, 5) is 13.0. The minimum atomic E-state index is -4.53. The van der Waals surface area contributed by atoms with Crippen molar-refractivity contribution in [1.29, 1.82) is 0 Å². The molecule has 5 nitrogen and oxygen atoms in total. The number of carbonyl (C=O) groups excluding carboxylic acids is 1. The van der Waals surface area contributed by atoms with Crippen LogP contribution >= 0.6 is 0 Å². The van der Waals surface area contributed by atoms with Gasteiger partial charge in [0.2, 0.25) is 5.91 Å². The summed E-state index contributed by atoms with van der Waals surface area (Å²) in [6.45, 7) is 0.455. The Hall–Kier alpha value is -1.77. The van der Waals surface area contributed by atoms with Gasteiger partial charge in [0.05, 0.1) is 16.9 Å². The molecule has 1 N–H and O–H groups in total. The van der Waals surface area contributed by atoms with Gasteiger partial charge in [-0.1, -0.05) is 0 Å². The van der Waals surface area contributed by atoms with Crippen molar-refractivity contribution in [2.45, 2.75) is 6.18 Å². The van der Waals surface area contributed by atoms with Gasteiger partial charge in [0, 0.05) is 19.3 Å². The van der Waals surface area contributed by atoms with Crippen LogP contribution in [-0.2, 0) is 20.8 Å². The molecule has 0 saturated heterocycles. The van der Waals surface area contributed by atoms with Crippen molar-refractivity contribution in [3.05, 3.63) is 23.8 Å². The number of nitrogens with zero attached hydrogens (tertiary/aromatic N) is 1. The van der Waals surface area contributed by atoms with Crippen LogP contribution in [0.1, 0.15) is 5.56 Å². The van der Waals surface area contributed by atoms with E-state index in [1.165, 1.54) is 6.07 Å². The molecule has 0 aromatic heterocycles. The fraction of sp³-hybridized carbons (Fsp3) is 0.417. The van der Waals surface area contributed by atoms with Crippen LogP contribution < -0.4 is 10.2 Å². The first-order valence-electron chi connectivity index (χ1n) is 6.01. The van der Waals surface area contributed by atoms with Gasteiger partial charge in [0.15, 0.2) is 9.84 Å². The number of hydrogen-bond acceptors (Lipinski definition) is 4. The van der Waals surface area contributed by atoms with Crippen molar-refractivity contribution >= 4 is 27.1 Å². The van der Waals surface area contributed by atoms with E-state index in [2.05, 4.69) is 5.32 Å². The molecular formula is C12H13F3N2O3S. The molecule has 1 aromatic carbocycles. The van der Waals surface area contributed by atoms with E-state index in [0.29, 0.717) is 12.2 Å². The minimum Gasteiger partial charge on any atom is -0.382 e. The van der Waals surface area contributed by atoms with Crippen molar-refractivity contribution in [3.63, 3.8) is 0 Å². The normalized spacial score (nSPS) is 15.3. The van der Waals surface area contributed by atoms with E-state index in [9.17, 15) is 26.4 Å². The maximum Gasteiger partial charge on any atom is 0.416 e. The first-order chi connectivity index (χ1) is 9.58. The largest absolute Gasteiger partial charge is 0.416 e. The zero-order chi connectivity index (χ0) is 15.8. The van der Waals surface area contributed by atoms with Gasteiger partial charge in [-0.25, -0.2) is 8.42 Å². The highest BCUT2D eigenvalue weighted by Crippen LogP contribution is 2.36. The van der Waals surface area contributed by atoms with E-state index in [1.54, 1.807) is 0 Å². The third-order valence-corrected chi connectivity index (χ3v) is 3.72. The highest BCUT2D eigenvalue weighted by Gasteiger charge is 2.33. The van der Waals surface area contributed by atoms with Crippen LogP contribution in [0.5, 0.6) is 0 Å². The summed E-state index contributed by atoms with van der Waals surface area (Å²) in [5.74, 6) is -1.47. The van der Waals surface area contributed by atoms with Crippen molar-refractivity contribution in [2.75, 3.05) is 35.3 Å². The van der Waals surface area contributed by atoms with Crippen LogP contribution in [-0.4, -0.2) is 39.4 Å². The Balaban J connectivity index is 2.40. The zero-order valence-electron chi connectivity index (χ0n) is 11.1. The average Bonchev–Trinajstić information content (AvgIpc) is 2.34. The number of sulfone groups is 1. The van der Waals surface area contributed by atoms with Crippen LogP contribution in [0.15, 0.2) is 18.2 Å². The summed E-state index contributed by atoms with van der Waals surface area (Å²) in [5, 5.41) is 2.88. The molecular weight excluding hydrogens is 309 g/mol. The van der Waals surface area contributed by atoms with Crippen LogP contribution in [0.25, 0.3) is 0 Å². The van der Waals surface area contributed by atoms with E-state index < -0.39 is 33.2 Å². The standard InChI is InChI=1S/C12H13F3N2O3S/c1-21(19,20)7-11(18)17-5-4-16-9-3-2-8(6-10(9)17)12(13,14)15/h2-3,6,16H,4-5,7H2,1H3. The number of hydrogen-bond donors (Lipinski definition) is 1. The summed E-state index contributed by atoms with van der Waals surface area (Å²) < 4.78 is 60.6. The van der Waals surface area contributed by atoms with Gasteiger partial charge < -0.3 is 10.2 Å². The third kappa shape index (κ3) is 3.66. The zero-order valence-corrected chi connectivity index (χ0v) is 11.9. The fourth-order valence-electron chi connectivity index (χ4n) is 2.06. The Kier molecular flexibility index (Phi) is 3.87. The second kappa shape index (κ2) is 5.21. The van der Waals surface area contributed by atoms with Gasteiger partial charge >= 0.3 is 6.18 Å². The molecule has 1 amide bonds. The molecule has 9 heteroatoms. The first kappa shape index (κ1) is 15.6. The molecule has 0 spiro atoms. The Bertz CT molecular complexity index is 671. The predicted octanol–water partition coefficient (Wildman–Crippen LogP) is 1.51.